The lowest BCUT2D eigenvalue weighted by Gasteiger charge is -2.27. The van der Waals surface area contributed by atoms with Crippen molar-refractivity contribution in [2.45, 2.75) is 25.5 Å². The maximum absolute atomic E-state index is 12.7. The summed E-state index contributed by atoms with van der Waals surface area (Å²) >= 11 is 6.24. The van der Waals surface area contributed by atoms with Gasteiger partial charge in [0.2, 0.25) is 0 Å². The zero-order valence-electron chi connectivity index (χ0n) is 12.1. The summed E-state index contributed by atoms with van der Waals surface area (Å²) in [7, 11) is 3.93. The summed E-state index contributed by atoms with van der Waals surface area (Å²) in [5.74, 6) is -0.0953. The highest BCUT2D eigenvalue weighted by atomic mass is 35.5. The number of aliphatic hydroxyl groups excluding tert-OH is 1. The van der Waals surface area contributed by atoms with Crippen LogP contribution in [0.5, 0.6) is 0 Å². The van der Waals surface area contributed by atoms with Crippen LogP contribution in [0.4, 0.5) is 0 Å². The number of hydrogen-bond donors (Lipinski definition) is 1. The number of amides is 1. The Labute approximate surface area is 124 Å². The van der Waals surface area contributed by atoms with E-state index in [1.807, 2.05) is 38.1 Å². The lowest BCUT2D eigenvalue weighted by atomic mass is 10.1. The number of hydrogen-bond acceptors (Lipinski definition) is 3. The van der Waals surface area contributed by atoms with Crippen LogP contribution in [0.25, 0.3) is 0 Å². The van der Waals surface area contributed by atoms with E-state index in [9.17, 15) is 9.90 Å². The number of β-amino-alcohol motifs (C(OH)–C–C–N with tert-alkyl or cyclic N) is 1. The van der Waals surface area contributed by atoms with E-state index in [2.05, 4.69) is 0 Å². The van der Waals surface area contributed by atoms with Crippen molar-refractivity contribution in [2.75, 3.05) is 27.2 Å². The first kappa shape index (κ1) is 15.3. The Balaban J connectivity index is 2.24. The molecular formula is C15H21ClN2O2. The molecular weight excluding hydrogens is 276 g/mol. The third-order valence-electron chi connectivity index (χ3n) is 3.65. The van der Waals surface area contributed by atoms with Crippen molar-refractivity contribution >= 4 is 17.5 Å². The van der Waals surface area contributed by atoms with E-state index < -0.39 is 6.10 Å². The van der Waals surface area contributed by atoms with Gasteiger partial charge in [0.1, 0.15) is 0 Å². The molecule has 110 valence electrons. The van der Waals surface area contributed by atoms with E-state index in [-0.39, 0.29) is 11.9 Å². The molecule has 0 radical (unpaired) electrons. The lowest BCUT2D eigenvalue weighted by Crippen LogP contribution is -2.41. The highest BCUT2D eigenvalue weighted by Crippen LogP contribution is 2.26. The molecule has 1 saturated heterocycles. The number of halogens is 1. The van der Waals surface area contributed by atoms with Gasteiger partial charge in [-0.3, -0.25) is 4.79 Å². The second-order valence-electron chi connectivity index (χ2n) is 5.70. The fourth-order valence-electron chi connectivity index (χ4n) is 2.70. The Hall–Kier alpha value is -1.10. The van der Waals surface area contributed by atoms with Gasteiger partial charge in [-0.2, -0.15) is 0 Å². The maximum atomic E-state index is 12.7. The van der Waals surface area contributed by atoms with Crippen LogP contribution >= 0.6 is 11.6 Å². The van der Waals surface area contributed by atoms with Crippen LogP contribution in [0.1, 0.15) is 22.3 Å². The van der Waals surface area contributed by atoms with Gasteiger partial charge in [0.15, 0.2) is 0 Å². The first-order chi connectivity index (χ1) is 9.40. The van der Waals surface area contributed by atoms with Crippen molar-refractivity contribution in [1.82, 2.24) is 9.80 Å². The summed E-state index contributed by atoms with van der Waals surface area (Å²) in [6, 6.07) is 5.50. The lowest BCUT2D eigenvalue weighted by molar-refractivity contribution is 0.0699. The van der Waals surface area contributed by atoms with E-state index in [1.54, 1.807) is 11.0 Å². The van der Waals surface area contributed by atoms with Gasteiger partial charge in [-0.15, -0.1) is 0 Å². The van der Waals surface area contributed by atoms with Gasteiger partial charge in [-0.1, -0.05) is 23.7 Å². The molecule has 1 heterocycles. The molecule has 0 aromatic heterocycles. The van der Waals surface area contributed by atoms with Crippen molar-refractivity contribution in [3.05, 3.63) is 34.3 Å². The zero-order chi connectivity index (χ0) is 14.9. The molecule has 1 fully saturated rings. The monoisotopic (exact) mass is 296 g/mol. The minimum atomic E-state index is -0.451. The Morgan fingerprint density at radius 1 is 1.50 bits per heavy atom. The fraction of sp³-hybridized carbons (Fsp3) is 0.533. The molecule has 0 spiro atoms. The van der Waals surface area contributed by atoms with Crippen molar-refractivity contribution in [3.63, 3.8) is 0 Å². The van der Waals surface area contributed by atoms with Gasteiger partial charge in [0.25, 0.3) is 5.91 Å². The SMILES string of the molecule is Cc1cccc(C(=O)N2CC(O)CC2CN(C)C)c1Cl. The summed E-state index contributed by atoms with van der Waals surface area (Å²) < 4.78 is 0. The standard InChI is InChI=1S/C15H21ClN2O2/c1-10-5-4-6-13(14(10)16)15(20)18-9-12(19)7-11(18)8-17(2)3/h4-6,11-12,19H,7-9H2,1-3H3. The molecule has 0 saturated carbocycles. The van der Waals surface area contributed by atoms with E-state index in [1.165, 1.54) is 0 Å². The van der Waals surface area contributed by atoms with E-state index in [0.29, 0.717) is 23.6 Å². The summed E-state index contributed by atoms with van der Waals surface area (Å²) in [5, 5.41) is 10.4. The molecule has 1 N–H and O–H groups in total. The highest BCUT2D eigenvalue weighted by Gasteiger charge is 2.35. The quantitative estimate of drug-likeness (QED) is 0.925. The smallest absolute Gasteiger partial charge is 0.255 e. The molecule has 0 bridgehead atoms. The molecule has 20 heavy (non-hydrogen) atoms. The van der Waals surface area contributed by atoms with Gasteiger partial charge in [0.05, 0.1) is 16.7 Å². The number of likely N-dealkylation sites (tertiary alicyclic amines) is 1. The number of carbonyl (C=O) groups is 1. The molecule has 1 amide bonds. The number of benzene rings is 1. The minimum absolute atomic E-state index is 0.0316. The van der Waals surface area contributed by atoms with Crippen LogP contribution in [-0.4, -0.2) is 60.1 Å². The van der Waals surface area contributed by atoms with Crippen molar-refractivity contribution < 1.29 is 9.90 Å². The number of aryl methyl sites for hydroxylation is 1. The zero-order valence-corrected chi connectivity index (χ0v) is 12.9. The first-order valence-electron chi connectivity index (χ1n) is 6.79. The van der Waals surface area contributed by atoms with Crippen molar-refractivity contribution in [3.8, 4) is 0 Å². The van der Waals surface area contributed by atoms with Crippen LogP contribution in [0.15, 0.2) is 18.2 Å². The summed E-state index contributed by atoms with van der Waals surface area (Å²) in [4.78, 5) is 16.4. The molecule has 2 unspecified atom stereocenters. The third kappa shape index (κ3) is 3.14. The molecule has 1 aromatic carbocycles. The predicted octanol–water partition coefficient (Wildman–Crippen LogP) is 1.79. The predicted molar refractivity (Wildman–Crippen MR) is 80.2 cm³/mol. The normalized spacial score (nSPS) is 22.6. The summed E-state index contributed by atoms with van der Waals surface area (Å²) in [6.45, 7) is 3.00. The summed E-state index contributed by atoms with van der Waals surface area (Å²) in [5.41, 5.74) is 1.41. The largest absolute Gasteiger partial charge is 0.391 e. The van der Waals surface area contributed by atoms with Gasteiger partial charge in [-0.05, 0) is 39.1 Å². The van der Waals surface area contributed by atoms with Crippen molar-refractivity contribution in [1.29, 1.82) is 0 Å². The molecule has 0 aliphatic carbocycles. The number of aliphatic hydroxyl groups is 1. The third-order valence-corrected chi connectivity index (χ3v) is 4.15. The van der Waals surface area contributed by atoms with Gasteiger partial charge in [-0.25, -0.2) is 0 Å². The van der Waals surface area contributed by atoms with Crippen LogP contribution < -0.4 is 0 Å². The number of nitrogens with zero attached hydrogens (tertiary/aromatic N) is 2. The molecule has 1 aliphatic rings. The average molecular weight is 297 g/mol. The van der Waals surface area contributed by atoms with Crippen LogP contribution in [0, 0.1) is 6.92 Å². The van der Waals surface area contributed by atoms with Gasteiger partial charge >= 0.3 is 0 Å². The highest BCUT2D eigenvalue weighted by molar-refractivity contribution is 6.34. The molecule has 1 aromatic rings. The number of likely N-dealkylation sites (N-methyl/N-ethyl adjacent to an activating group) is 1. The second-order valence-corrected chi connectivity index (χ2v) is 6.08. The Morgan fingerprint density at radius 2 is 2.20 bits per heavy atom. The Bertz CT molecular complexity index is 505. The van der Waals surface area contributed by atoms with Crippen LogP contribution in [-0.2, 0) is 0 Å². The van der Waals surface area contributed by atoms with E-state index in [4.69, 9.17) is 11.6 Å². The van der Waals surface area contributed by atoms with E-state index in [0.717, 1.165) is 12.1 Å². The second kappa shape index (κ2) is 6.12. The molecule has 5 heteroatoms. The van der Waals surface area contributed by atoms with Crippen LogP contribution in [0.3, 0.4) is 0 Å². The molecule has 4 nitrogen and oxygen atoms in total. The molecule has 2 atom stereocenters. The summed E-state index contributed by atoms with van der Waals surface area (Å²) in [6.07, 6.45) is 0.167. The number of rotatable bonds is 3. The fourth-order valence-corrected chi connectivity index (χ4v) is 2.91. The first-order valence-corrected chi connectivity index (χ1v) is 7.16. The van der Waals surface area contributed by atoms with E-state index >= 15 is 0 Å². The van der Waals surface area contributed by atoms with Crippen molar-refractivity contribution in [2.24, 2.45) is 0 Å². The molecule has 2 rings (SSSR count). The average Bonchev–Trinajstić information content (AvgIpc) is 2.72. The van der Waals surface area contributed by atoms with Gasteiger partial charge < -0.3 is 14.9 Å². The number of carbonyl (C=O) groups excluding carboxylic acids is 1. The Kier molecular flexibility index (Phi) is 4.68. The Morgan fingerprint density at radius 3 is 2.85 bits per heavy atom. The maximum Gasteiger partial charge on any atom is 0.255 e. The minimum Gasteiger partial charge on any atom is -0.391 e. The van der Waals surface area contributed by atoms with Crippen LogP contribution in [0.2, 0.25) is 5.02 Å². The topological polar surface area (TPSA) is 43.8 Å². The van der Waals surface area contributed by atoms with Gasteiger partial charge in [0, 0.05) is 19.1 Å². The molecule has 1 aliphatic heterocycles.